The Bertz CT molecular complexity index is 788. The summed E-state index contributed by atoms with van der Waals surface area (Å²) in [6.45, 7) is 6.38. The minimum absolute atomic E-state index is 0.117. The molecule has 0 heterocycles. The molecule has 2 nitrogen and oxygen atoms in total. The fourth-order valence-electron chi connectivity index (χ4n) is 3.21. The third-order valence-electron chi connectivity index (χ3n) is 4.98. The van der Waals surface area contributed by atoms with Crippen molar-refractivity contribution < 1.29 is 35.3 Å². The molecule has 2 aromatic rings. The molecule has 0 saturated carbocycles. The van der Waals surface area contributed by atoms with E-state index >= 15 is 0 Å². The van der Waals surface area contributed by atoms with Gasteiger partial charge in [0.1, 0.15) is 17.3 Å². The van der Waals surface area contributed by atoms with Crippen molar-refractivity contribution in [2.75, 3.05) is 0 Å². The van der Waals surface area contributed by atoms with Gasteiger partial charge >= 0.3 is 35.6 Å². The average Bonchev–Trinajstić information content (AvgIpc) is 2.65. The Hall–Kier alpha value is -0.789. The predicted molar refractivity (Wildman–Crippen MR) is 110 cm³/mol. The first-order valence-corrected chi connectivity index (χ1v) is 15.7. The van der Waals surface area contributed by atoms with Crippen LogP contribution in [0.15, 0.2) is 35.3 Å². The van der Waals surface area contributed by atoms with E-state index in [0.717, 1.165) is 23.3 Å². The van der Waals surface area contributed by atoms with Crippen molar-refractivity contribution in [1.29, 1.82) is 0 Å². The maximum atomic E-state index is 13.7. The van der Waals surface area contributed by atoms with E-state index in [-0.39, 0.29) is 5.75 Å². The van der Waals surface area contributed by atoms with E-state index in [1.165, 1.54) is 6.21 Å². The third kappa shape index (κ3) is 6.10. The first-order chi connectivity index (χ1) is 13.3. The van der Waals surface area contributed by atoms with Crippen LogP contribution in [-0.4, -0.2) is 19.4 Å². The number of halogens is 5. The van der Waals surface area contributed by atoms with Crippen molar-refractivity contribution in [1.82, 2.24) is 0 Å². The van der Waals surface area contributed by atoms with E-state index in [9.17, 15) is 18.3 Å². The van der Waals surface area contributed by atoms with Gasteiger partial charge in [-0.2, -0.15) is 0 Å². The summed E-state index contributed by atoms with van der Waals surface area (Å²) in [5, 5.41) is 11.6. The summed E-state index contributed by atoms with van der Waals surface area (Å²) in [6.07, 6.45) is 1.22. The molecule has 28 heavy (non-hydrogen) atoms. The number of benzene rings is 2. The first-order valence-electron chi connectivity index (χ1n) is 8.77. The second kappa shape index (κ2) is 12.0. The monoisotopic (exact) mass is 483 g/mol. The van der Waals surface area contributed by atoms with Crippen LogP contribution in [0.3, 0.4) is 0 Å². The molecule has 1 N–H and O–H groups in total. The molecule has 0 bridgehead atoms. The van der Waals surface area contributed by atoms with E-state index < -0.39 is 48.2 Å². The molecule has 2 rings (SSSR count). The van der Waals surface area contributed by atoms with Gasteiger partial charge in [0.2, 0.25) is 0 Å². The predicted octanol–water partition coefficient (Wildman–Crippen LogP) is 6.65. The van der Waals surface area contributed by atoms with Crippen LogP contribution in [-0.2, 0) is 17.0 Å². The van der Waals surface area contributed by atoms with E-state index in [0.29, 0.717) is 17.7 Å². The normalized spacial score (nSPS) is 11.3. The minimum atomic E-state index is -1.82. The average molecular weight is 484 g/mol. The van der Waals surface area contributed by atoms with Gasteiger partial charge in [-0.3, -0.25) is 0 Å². The number of aromatic hydroxyl groups is 1. The van der Waals surface area contributed by atoms with Gasteiger partial charge < -0.3 is 5.11 Å². The molecule has 0 fully saturated rings. The Morgan fingerprint density at radius 2 is 1.54 bits per heavy atom. The summed E-state index contributed by atoms with van der Waals surface area (Å²) < 4.78 is 40.4. The number of hydrogen-bond donors (Lipinski definition) is 1. The molecular formula is C19H22Cl2F3NOSiTi. The molecule has 0 unspecified atom stereocenters. The first kappa shape index (κ1) is 25.2. The third-order valence-corrected chi connectivity index (χ3v) is 10.6. The molecule has 0 spiro atoms. The van der Waals surface area contributed by atoms with Crippen LogP contribution in [0.4, 0.5) is 18.9 Å². The molecule has 0 aliphatic carbocycles. The Labute approximate surface area is 181 Å². The number of para-hydroxylation sites is 1. The number of phenols is 1. The Kier molecular flexibility index (Phi) is 10.8. The molecule has 0 aliphatic rings. The van der Waals surface area contributed by atoms with Gasteiger partial charge in [-0.05, 0) is 11.3 Å². The fraction of sp³-hybridized carbons (Fsp3) is 0.316. The second-order valence-electron chi connectivity index (χ2n) is 6.13. The molecule has 0 amide bonds. The van der Waals surface area contributed by atoms with E-state index in [2.05, 4.69) is 25.8 Å². The van der Waals surface area contributed by atoms with Gasteiger partial charge in [0.15, 0.2) is 11.6 Å². The van der Waals surface area contributed by atoms with Crippen molar-refractivity contribution in [2.45, 2.75) is 38.9 Å². The standard InChI is InChI=1S/C19H22F3NOSi.2ClH.Ti/c1-4-25(5-2,6-3)17-9-7-8-13(19(17)24)12-23-18-15(21)10-14(20)11-16(18)22;;;/h7-12,24H,4-6H2,1-3H3;2*1H;/q;;;+2/p-2. The number of nitrogens with zero attached hydrogens (tertiary/aromatic N) is 1. The van der Waals surface area contributed by atoms with Crippen molar-refractivity contribution in [3.05, 3.63) is 53.3 Å². The van der Waals surface area contributed by atoms with Crippen molar-refractivity contribution in [2.24, 2.45) is 4.99 Å². The summed E-state index contributed by atoms with van der Waals surface area (Å²) in [5.41, 5.74) is -0.177. The molecule has 9 heteroatoms. The molecule has 0 saturated heterocycles. The van der Waals surface area contributed by atoms with Crippen LogP contribution < -0.4 is 5.19 Å². The zero-order valence-electron chi connectivity index (χ0n) is 15.9. The van der Waals surface area contributed by atoms with Crippen LogP contribution >= 0.6 is 18.6 Å². The van der Waals surface area contributed by atoms with Crippen molar-refractivity contribution in [3.63, 3.8) is 0 Å². The van der Waals surface area contributed by atoms with Crippen molar-refractivity contribution in [3.8, 4) is 5.75 Å². The number of phenolic OH excluding ortho intramolecular Hbond substituents is 1. The molecule has 152 valence electrons. The van der Waals surface area contributed by atoms with Gasteiger partial charge in [0, 0.05) is 23.9 Å². The summed E-state index contributed by atoms with van der Waals surface area (Å²) >= 11 is -0.556. The van der Waals surface area contributed by atoms with Crippen molar-refractivity contribution >= 4 is 43.8 Å². The number of hydrogen-bond acceptors (Lipinski definition) is 2. The topological polar surface area (TPSA) is 32.6 Å². The zero-order valence-corrected chi connectivity index (χ0v) is 19.9. The van der Waals surface area contributed by atoms with E-state index in [4.69, 9.17) is 18.6 Å². The summed E-state index contributed by atoms with van der Waals surface area (Å²) in [4.78, 5) is 3.79. The van der Waals surface area contributed by atoms with Crippen LogP contribution in [0.25, 0.3) is 0 Å². The van der Waals surface area contributed by atoms with Crippen LogP contribution in [0.5, 0.6) is 5.75 Å². The van der Waals surface area contributed by atoms with Gasteiger partial charge in [-0.15, -0.1) is 0 Å². The summed E-state index contributed by atoms with van der Waals surface area (Å²) in [6, 6.07) is 9.53. The van der Waals surface area contributed by atoms with Gasteiger partial charge in [-0.1, -0.05) is 51.0 Å². The second-order valence-corrected chi connectivity index (χ2v) is 13.9. The van der Waals surface area contributed by atoms with Crippen LogP contribution in [0, 0.1) is 17.5 Å². The Morgan fingerprint density at radius 1 is 1.04 bits per heavy atom. The number of aliphatic imine (C=N–C) groups is 1. The number of rotatable bonds is 6. The molecule has 0 aliphatic heterocycles. The zero-order chi connectivity index (χ0) is 21.3. The van der Waals surface area contributed by atoms with Gasteiger partial charge in [-0.25, -0.2) is 18.2 Å². The van der Waals surface area contributed by atoms with Gasteiger partial charge in [0.25, 0.3) is 0 Å². The molecule has 0 radical (unpaired) electrons. The summed E-state index contributed by atoms with van der Waals surface area (Å²) in [7, 11) is 7.96. The van der Waals surface area contributed by atoms with Crippen LogP contribution in [0.1, 0.15) is 26.3 Å². The quantitative estimate of drug-likeness (QED) is 0.362. The summed E-state index contributed by atoms with van der Waals surface area (Å²) in [5.74, 6) is -3.04. The van der Waals surface area contributed by atoms with E-state index in [1.807, 2.05) is 12.1 Å². The molecule has 0 atom stereocenters. The van der Waals surface area contributed by atoms with Gasteiger partial charge in [0.05, 0.1) is 8.07 Å². The SMILES string of the molecule is CC[Si](CC)(CC)c1cccc(C=Nc2c(F)cc(F)cc2F)c1O.[Cl][Ti][Cl]. The Morgan fingerprint density at radius 3 is 2.00 bits per heavy atom. The van der Waals surface area contributed by atoms with E-state index in [1.54, 1.807) is 6.07 Å². The fourth-order valence-corrected chi connectivity index (χ4v) is 6.95. The Balaban J connectivity index is 0.00000122. The molecule has 2 aromatic carbocycles. The maximum absolute atomic E-state index is 13.7. The molecular weight excluding hydrogens is 462 g/mol. The molecule has 0 aromatic heterocycles. The van der Waals surface area contributed by atoms with Crippen LogP contribution in [0.2, 0.25) is 18.1 Å².